The number of anilines is 1. The van der Waals surface area contributed by atoms with Crippen molar-refractivity contribution < 1.29 is 14.3 Å². The van der Waals surface area contributed by atoms with E-state index in [-0.39, 0.29) is 5.75 Å². The number of phenolic OH excluding ortho intramolecular Hbond substituents is 1. The zero-order chi connectivity index (χ0) is 16.8. The third-order valence-electron chi connectivity index (χ3n) is 4.74. The smallest absolute Gasteiger partial charge is 0.211 e. The number of phenols is 1. The van der Waals surface area contributed by atoms with E-state index < -0.39 is 0 Å². The Morgan fingerprint density at radius 3 is 2.54 bits per heavy atom. The lowest BCUT2D eigenvalue weighted by molar-refractivity contribution is -0.105. The van der Waals surface area contributed by atoms with Crippen LogP contribution in [0.2, 0.25) is 0 Å². The fraction of sp³-hybridized carbons (Fsp3) is 0.474. The van der Waals surface area contributed by atoms with Crippen LogP contribution >= 0.6 is 0 Å². The van der Waals surface area contributed by atoms with E-state index in [2.05, 4.69) is 10.3 Å². The molecule has 2 N–H and O–H groups in total. The van der Waals surface area contributed by atoms with Gasteiger partial charge in [0.1, 0.15) is 5.75 Å². The van der Waals surface area contributed by atoms with Crippen LogP contribution in [0.5, 0.6) is 5.75 Å². The van der Waals surface area contributed by atoms with Crippen LogP contribution < -0.4 is 5.32 Å². The molecule has 0 saturated heterocycles. The lowest BCUT2D eigenvalue weighted by Crippen LogP contribution is -1.99. The molecule has 0 unspecified atom stereocenters. The molecule has 2 aromatic rings. The fourth-order valence-corrected chi connectivity index (χ4v) is 3.40. The number of hydrogen-bond acceptors (Lipinski definition) is 4. The van der Waals surface area contributed by atoms with Gasteiger partial charge in [0.05, 0.1) is 17.4 Å². The van der Waals surface area contributed by atoms with Gasteiger partial charge in [-0.15, -0.1) is 0 Å². The normalized spacial score (nSPS) is 16.8. The average molecular weight is 328 g/mol. The minimum Gasteiger partial charge on any atom is -0.505 e. The third kappa shape index (κ3) is 3.78. The minimum absolute atomic E-state index is 0.00164. The molecule has 0 spiro atoms. The number of aromatic hydroxyl groups is 1. The molecule has 5 nitrogen and oxygen atoms in total. The Kier molecular flexibility index (Phi) is 5.51. The molecular formula is C19H24N2O3. The molecule has 0 atom stereocenters. The van der Waals surface area contributed by atoms with E-state index in [1.165, 1.54) is 38.5 Å². The highest BCUT2D eigenvalue weighted by Gasteiger charge is 2.20. The molecule has 1 aliphatic carbocycles. The lowest BCUT2D eigenvalue weighted by Gasteiger charge is -2.11. The van der Waals surface area contributed by atoms with Crippen LogP contribution in [0, 0.1) is 0 Å². The van der Waals surface area contributed by atoms with E-state index in [0.717, 1.165) is 18.7 Å². The average Bonchev–Trinajstić information content (AvgIpc) is 3.10. The number of hydrogen-bond donors (Lipinski definition) is 2. The monoisotopic (exact) mass is 328 g/mol. The zero-order valence-electron chi connectivity index (χ0n) is 13.8. The molecule has 1 aliphatic rings. The van der Waals surface area contributed by atoms with Crippen LogP contribution in [0.25, 0.3) is 11.3 Å². The van der Waals surface area contributed by atoms with Crippen molar-refractivity contribution in [1.29, 1.82) is 0 Å². The van der Waals surface area contributed by atoms with Crippen LogP contribution in [-0.2, 0) is 4.79 Å². The van der Waals surface area contributed by atoms with Crippen molar-refractivity contribution in [2.75, 3.05) is 5.32 Å². The number of amides is 1. The summed E-state index contributed by atoms with van der Waals surface area (Å²) in [5.41, 5.74) is 0.909. The lowest BCUT2D eigenvalue weighted by atomic mass is 9.97. The number of para-hydroxylation sites is 1. The van der Waals surface area contributed by atoms with E-state index in [9.17, 15) is 9.90 Å². The number of aromatic nitrogens is 1. The molecule has 5 heteroatoms. The topological polar surface area (TPSA) is 75.4 Å². The van der Waals surface area contributed by atoms with Crippen molar-refractivity contribution in [2.45, 2.75) is 57.3 Å². The van der Waals surface area contributed by atoms with Gasteiger partial charge in [0.15, 0.2) is 11.7 Å². The van der Waals surface area contributed by atoms with E-state index in [4.69, 9.17) is 4.42 Å². The quantitative estimate of drug-likeness (QED) is 0.622. The zero-order valence-corrected chi connectivity index (χ0v) is 13.8. The first-order valence-electron chi connectivity index (χ1n) is 8.78. The standard InChI is InChI=1S/C19H24N2O3/c22-13-21-16-11-7-10-15(18(16)23)17-12-20-19(24-17)14-8-5-3-1-2-4-6-9-14/h7,10-14,23H,1-6,8-9H2,(H,21,22). The van der Waals surface area contributed by atoms with Gasteiger partial charge in [0, 0.05) is 5.92 Å². The summed E-state index contributed by atoms with van der Waals surface area (Å²) >= 11 is 0. The molecular weight excluding hydrogens is 304 g/mol. The molecule has 1 fully saturated rings. The summed E-state index contributed by atoms with van der Waals surface area (Å²) in [4.78, 5) is 15.1. The third-order valence-corrected chi connectivity index (χ3v) is 4.74. The van der Waals surface area contributed by atoms with Crippen LogP contribution in [-0.4, -0.2) is 16.5 Å². The van der Waals surface area contributed by atoms with Crippen LogP contribution in [0.15, 0.2) is 28.8 Å². The van der Waals surface area contributed by atoms with Gasteiger partial charge in [-0.1, -0.05) is 44.6 Å². The van der Waals surface area contributed by atoms with Crippen LogP contribution in [0.3, 0.4) is 0 Å². The van der Waals surface area contributed by atoms with Gasteiger partial charge in [-0.2, -0.15) is 0 Å². The summed E-state index contributed by atoms with van der Waals surface area (Å²) in [6.07, 6.45) is 12.1. The molecule has 3 rings (SSSR count). The summed E-state index contributed by atoms with van der Waals surface area (Å²) in [5, 5.41) is 12.8. The Labute approximate surface area is 142 Å². The van der Waals surface area contributed by atoms with Gasteiger partial charge in [-0.3, -0.25) is 4.79 Å². The van der Waals surface area contributed by atoms with Gasteiger partial charge in [-0.05, 0) is 25.0 Å². The number of carbonyl (C=O) groups excluding carboxylic acids is 1. The number of oxazole rings is 1. The molecule has 1 aromatic heterocycles. The maximum Gasteiger partial charge on any atom is 0.211 e. The number of benzene rings is 1. The van der Waals surface area contributed by atoms with Gasteiger partial charge in [0.2, 0.25) is 6.41 Å². The Bertz CT molecular complexity index is 671. The number of nitrogens with zero attached hydrogens (tertiary/aromatic N) is 1. The van der Waals surface area contributed by atoms with Gasteiger partial charge >= 0.3 is 0 Å². The number of carbonyl (C=O) groups is 1. The summed E-state index contributed by atoms with van der Waals surface area (Å²) in [6.45, 7) is 0. The van der Waals surface area contributed by atoms with Crippen molar-refractivity contribution in [3.63, 3.8) is 0 Å². The summed E-state index contributed by atoms with van der Waals surface area (Å²) < 4.78 is 5.97. The SMILES string of the molecule is O=CNc1cccc(-c2cnc(C3CCCCCCCC3)o2)c1O. The largest absolute Gasteiger partial charge is 0.505 e. The summed E-state index contributed by atoms with van der Waals surface area (Å²) in [7, 11) is 0. The summed E-state index contributed by atoms with van der Waals surface area (Å²) in [6, 6.07) is 5.17. The molecule has 128 valence electrons. The second kappa shape index (κ2) is 7.99. The summed E-state index contributed by atoms with van der Waals surface area (Å²) in [5.74, 6) is 1.66. The number of nitrogens with one attached hydrogen (secondary N) is 1. The Morgan fingerprint density at radius 1 is 1.12 bits per heavy atom. The molecule has 0 radical (unpaired) electrons. The van der Waals surface area contributed by atoms with E-state index >= 15 is 0 Å². The van der Waals surface area contributed by atoms with Crippen molar-refractivity contribution in [3.8, 4) is 17.1 Å². The highest BCUT2D eigenvalue weighted by molar-refractivity contribution is 5.81. The molecule has 1 amide bonds. The van der Waals surface area contributed by atoms with Crippen molar-refractivity contribution in [2.24, 2.45) is 0 Å². The molecule has 1 saturated carbocycles. The highest BCUT2D eigenvalue weighted by Crippen LogP contribution is 2.37. The van der Waals surface area contributed by atoms with Crippen molar-refractivity contribution in [3.05, 3.63) is 30.3 Å². The van der Waals surface area contributed by atoms with Gasteiger partial charge < -0.3 is 14.8 Å². The second-order valence-corrected chi connectivity index (χ2v) is 6.42. The number of rotatable bonds is 4. The maximum atomic E-state index is 10.6. The van der Waals surface area contributed by atoms with Crippen molar-refractivity contribution in [1.82, 2.24) is 4.98 Å². The molecule has 1 aromatic carbocycles. The van der Waals surface area contributed by atoms with Gasteiger partial charge in [-0.25, -0.2) is 4.98 Å². The van der Waals surface area contributed by atoms with Crippen LogP contribution in [0.4, 0.5) is 5.69 Å². The van der Waals surface area contributed by atoms with E-state index in [1.54, 1.807) is 24.4 Å². The maximum absolute atomic E-state index is 10.6. The Hall–Kier alpha value is -2.30. The van der Waals surface area contributed by atoms with E-state index in [0.29, 0.717) is 29.3 Å². The molecule has 0 aliphatic heterocycles. The molecule has 0 bridgehead atoms. The predicted molar refractivity (Wildman–Crippen MR) is 93.0 cm³/mol. The predicted octanol–water partition coefficient (Wildman–Crippen LogP) is 4.83. The highest BCUT2D eigenvalue weighted by atomic mass is 16.4. The molecule has 24 heavy (non-hydrogen) atoms. The van der Waals surface area contributed by atoms with Gasteiger partial charge in [0.25, 0.3) is 0 Å². The van der Waals surface area contributed by atoms with Crippen LogP contribution in [0.1, 0.15) is 63.2 Å². The fourth-order valence-electron chi connectivity index (χ4n) is 3.40. The Balaban J connectivity index is 1.82. The second-order valence-electron chi connectivity index (χ2n) is 6.42. The van der Waals surface area contributed by atoms with E-state index in [1.807, 2.05) is 0 Å². The first-order valence-corrected chi connectivity index (χ1v) is 8.78. The van der Waals surface area contributed by atoms with Crippen molar-refractivity contribution >= 4 is 12.1 Å². The Morgan fingerprint density at radius 2 is 1.83 bits per heavy atom. The first-order chi connectivity index (χ1) is 11.8. The molecule has 1 heterocycles. The minimum atomic E-state index is 0.00164. The first kappa shape index (κ1) is 16.6.